The number of hydrogen-bond donors (Lipinski definition) is 1. The van der Waals surface area contributed by atoms with E-state index in [-0.39, 0.29) is 23.5 Å². The second-order valence-electron chi connectivity index (χ2n) is 5.15. The maximum Gasteiger partial charge on any atom is 0.354 e. The van der Waals surface area contributed by atoms with Gasteiger partial charge in [0.25, 0.3) is 0 Å². The van der Waals surface area contributed by atoms with Gasteiger partial charge in [-0.25, -0.2) is 4.79 Å². The van der Waals surface area contributed by atoms with Crippen molar-refractivity contribution in [3.8, 4) is 0 Å². The van der Waals surface area contributed by atoms with E-state index in [1.165, 1.54) is 6.07 Å². The van der Waals surface area contributed by atoms with E-state index in [4.69, 9.17) is 4.74 Å². The zero-order valence-electron chi connectivity index (χ0n) is 13.0. The molecule has 1 aromatic heterocycles. The molecule has 1 heterocycles. The molecule has 0 saturated heterocycles. The van der Waals surface area contributed by atoms with Crippen LogP contribution in [0, 0.1) is 6.92 Å². The van der Waals surface area contributed by atoms with Gasteiger partial charge in [-0.05, 0) is 38.0 Å². The number of ketones is 1. The average Bonchev–Trinajstić information content (AvgIpc) is 2.46. The number of ether oxygens (including phenoxy) is 1. The second kappa shape index (κ2) is 6.56. The Hall–Kier alpha value is -2.43. The third kappa shape index (κ3) is 3.08. The highest BCUT2D eigenvalue weighted by molar-refractivity contribution is 6.01. The highest BCUT2D eigenvalue weighted by Crippen LogP contribution is 2.18. The van der Waals surface area contributed by atoms with Crippen LogP contribution in [0.1, 0.15) is 53.1 Å². The number of Topliss-reactive ketones (excluding diaryl/α,β-unsaturated/α-hetero) is 1. The molecule has 5 heteroatoms. The van der Waals surface area contributed by atoms with Gasteiger partial charge in [0.1, 0.15) is 5.69 Å². The van der Waals surface area contributed by atoms with Crippen LogP contribution in [-0.4, -0.2) is 23.3 Å². The van der Waals surface area contributed by atoms with Gasteiger partial charge in [-0.15, -0.1) is 0 Å². The van der Waals surface area contributed by atoms with Crippen LogP contribution in [-0.2, 0) is 4.74 Å². The summed E-state index contributed by atoms with van der Waals surface area (Å²) >= 11 is 0. The van der Waals surface area contributed by atoms with Crippen molar-refractivity contribution >= 4 is 22.7 Å². The van der Waals surface area contributed by atoms with Crippen molar-refractivity contribution in [1.82, 2.24) is 4.98 Å². The molecule has 0 aliphatic rings. The molecule has 1 aromatic carbocycles. The maximum absolute atomic E-state index is 12.2. The van der Waals surface area contributed by atoms with Crippen LogP contribution in [0.15, 0.2) is 23.0 Å². The fourth-order valence-corrected chi connectivity index (χ4v) is 2.39. The average molecular weight is 301 g/mol. The van der Waals surface area contributed by atoms with Crippen LogP contribution < -0.4 is 5.43 Å². The molecule has 0 aliphatic heterocycles. The van der Waals surface area contributed by atoms with Gasteiger partial charge >= 0.3 is 5.97 Å². The van der Waals surface area contributed by atoms with E-state index < -0.39 is 5.97 Å². The molecule has 0 fully saturated rings. The Morgan fingerprint density at radius 1 is 1.18 bits per heavy atom. The first-order valence-corrected chi connectivity index (χ1v) is 7.35. The molecule has 0 saturated carbocycles. The van der Waals surface area contributed by atoms with Crippen molar-refractivity contribution in [2.45, 2.75) is 33.6 Å². The topological polar surface area (TPSA) is 76.2 Å². The van der Waals surface area contributed by atoms with Crippen molar-refractivity contribution in [1.29, 1.82) is 0 Å². The maximum atomic E-state index is 12.2. The minimum absolute atomic E-state index is 0.0239. The molecular weight excluding hydrogens is 282 g/mol. The van der Waals surface area contributed by atoms with Crippen molar-refractivity contribution < 1.29 is 14.3 Å². The molecule has 116 valence electrons. The molecule has 1 N–H and O–H groups in total. The number of carbonyl (C=O) groups excluding carboxylic acids is 2. The monoisotopic (exact) mass is 301 g/mol. The predicted molar refractivity (Wildman–Crippen MR) is 84.5 cm³/mol. The van der Waals surface area contributed by atoms with E-state index in [0.29, 0.717) is 22.9 Å². The summed E-state index contributed by atoms with van der Waals surface area (Å²) in [6.45, 7) is 5.69. The molecular formula is C17H19NO4. The van der Waals surface area contributed by atoms with Crippen LogP contribution in [0.5, 0.6) is 0 Å². The Kier molecular flexibility index (Phi) is 4.75. The van der Waals surface area contributed by atoms with E-state index in [0.717, 1.165) is 12.0 Å². The first kappa shape index (κ1) is 15.9. The summed E-state index contributed by atoms with van der Waals surface area (Å²) < 4.78 is 4.89. The Balaban J connectivity index is 2.58. The first-order chi connectivity index (χ1) is 10.5. The molecule has 2 aromatic rings. The fourth-order valence-electron chi connectivity index (χ4n) is 2.39. The van der Waals surface area contributed by atoms with Crippen molar-refractivity contribution in [3.05, 3.63) is 45.2 Å². The summed E-state index contributed by atoms with van der Waals surface area (Å²) in [5.41, 5.74) is 1.68. The van der Waals surface area contributed by atoms with E-state index in [1.54, 1.807) is 19.1 Å². The number of H-pyrrole nitrogens is 1. The van der Waals surface area contributed by atoms with Crippen LogP contribution in [0.25, 0.3) is 10.9 Å². The number of pyridine rings is 1. The quantitative estimate of drug-likeness (QED) is 0.680. The first-order valence-electron chi connectivity index (χ1n) is 7.35. The number of fused-ring (bicyclic) bond motifs is 1. The van der Waals surface area contributed by atoms with Crippen molar-refractivity contribution in [3.63, 3.8) is 0 Å². The van der Waals surface area contributed by atoms with Gasteiger partial charge in [-0.1, -0.05) is 6.92 Å². The highest BCUT2D eigenvalue weighted by Gasteiger charge is 2.14. The Morgan fingerprint density at radius 2 is 1.91 bits per heavy atom. The summed E-state index contributed by atoms with van der Waals surface area (Å²) in [6.07, 6.45) is 1.21. The molecule has 0 radical (unpaired) electrons. The summed E-state index contributed by atoms with van der Waals surface area (Å²) in [4.78, 5) is 39.0. The van der Waals surface area contributed by atoms with Crippen LogP contribution >= 0.6 is 0 Å². The second-order valence-corrected chi connectivity index (χ2v) is 5.15. The minimum atomic E-state index is -0.565. The lowest BCUT2D eigenvalue weighted by Gasteiger charge is -2.08. The molecule has 0 amide bonds. The highest BCUT2D eigenvalue weighted by atomic mass is 16.5. The molecule has 2 rings (SSSR count). The zero-order chi connectivity index (χ0) is 16.3. The lowest BCUT2D eigenvalue weighted by atomic mass is 9.99. The zero-order valence-corrected chi connectivity index (χ0v) is 13.0. The third-order valence-electron chi connectivity index (χ3n) is 3.45. The number of nitrogens with one attached hydrogen (secondary N) is 1. The van der Waals surface area contributed by atoms with E-state index in [2.05, 4.69) is 4.98 Å². The number of esters is 1. The minimum Gasteiger partial charge on any atom is -0.461 e. The van der Waals surface area contributed by atoms with Gasteiger partial charge in [-0.2, -0.15) is 0 Å². The van der Waals surface area contributed by atoms with Gasteiger partial charge < -0.3 is 9.72 Å². The third-order valence-corrected chi connectivity index (χ3v) is 3.45. The van der Waals surface area contributed by atoms with Crippen molar-refractivity contribution in [2.75, 3.05) is 6.61 Å². The summed E-state index contributed by atoms with van der Waals surface area (Å²) in [6, 6.07) is 4.54. The number of benzene rings is 1. The molecule has 22 heavy (non-hydrogen) atoms. The predicted octanol–water partition coefficient (Wildman–Crippen LogP) is 3.00. The van der Waals surface area contributed by atoms with Gasteiger partial charge in [0.05, 0.1) is 12.1 Å². The van der Waals surface area contributed by atoms with Gasteiger partial charge in [-0.3, -0.25) is 9.59 Å². The van der Waals surface area contributed by atoms with E-state index in [9.17, 15) is 14.4 Å². The van der Waals surface area contributed by atoms with Gasteiger partial charge in [0.15, 0.2) is 11.2 Å². The Labute approximate surface area is 128 Å². The molecule has 0 atom stereocenters. The van der Waals surface area contributed by atoms with Crippen LogP contribution in [0.3, 0.4) is 0 Å². The van der Waals surface area contributed by atoms with Gasteiger partial charge in [0.2, 0.25) is 0 Å². The van der Waals surface area contributed by atoms with Gasteiger partial charge in [0, 0.05) is 23.4 Å². The molecule has 0 spiro atoms. The lowest BCUT2D eigenvalue weighted by Crippen LogP contribution is -2.13. The summed E-state index contributed by atoms with van der Waals surface area (Å²) in [7, 11) is 0. The standard InChI is InChI=1S/C17H19NO4/c1-4-6-15(19)11-8-12-13(7-10(11)3)18-14(9-16(12)20)17(21)22-5-2/h7-9H,4-6H2,1-3H3,(H,18,20). The number of rotatable bonds is 5. The molecule has 5 nitrogen and oxygen atoms in total. The number of carbonyl (C=O) groups is 2. The molecule has 0 unspecified atom stereocenters. The number of aryl methyl sites for hydroxylation is 1. The van der Waals surface area contributed by atoms with E-state index >= 15 is 0 Å². The SMILES string of the molecule is CCCC(=O)c1cc2c(=O)cc(C(=O)OCC)[nH]c2cc1C. The lowest BCUT2D eigenvalue weighted by molar-refractivity contribution is 0.0519. The normalized spacial score (nSPS) is 10.7. The number of hydrogen-bond acceptors (Lipinski definition) is 4. The number of aromatic amines is 1. The summed E-state index contributed by atoms with van der Waals surface area (Å²) in [5, 5.41) is 0.401. The fraction of sp³-hybridized carbons (Fsp3) is 0.353. The Bertz CT molecular complexity index is 789. The summed E-state index contributed by atoms with van der Waals surface area (Å²) in [5.74, 6) is -0.541. The van der Waals surface area contributed by atoms with Crippen LogP contribution in [0.4, 0.5) is 0 Å². The number of aromatic nitrogens is 1. The Morgan fingerprint density at radius 3 is 2.55 bits per heavy atom. The largest absolute Gasteiger partial charge is 0.461 e. The van der Waals surface area contributed by atoms with Crippen LogP contribution in [0.2, 0.25) is 0 Å². The molecule has 0 bridgehead atoms. The van der Waals surface area contributed by atoms with E-state index in [1.807, 2.05) is 13.8 Å². The molecule has 0 aliphatic carbocycles. The van der Waals surface area contributed by atoms with Crippen molar-refractivity contribution in [2.24, 2.45) is 0 Å². The smallest absolute Gasteiger partial charge is 0.354 e.